The van der Waals surface area contributed by atoms with Crippen LogP contribution in [0.4, 0.5) is 0 Å². The van der Waals surface area contributed by atoms with Crippen LogP contribution < -0.4 is 0 Å². The van der Waals surface area contributed by atoms with Crippen molar-refractivity contribution in [3.63, 3.8) is 0 Å². The first-order valence-corrected chi connectivity index (χ1v) is 4.58. The van der Waals surface area contributed by atoms with E-state index in [1.54, 1.807) is 0 Å². The molecule has 68 valence electrons. The van der Waals surface area contributed by atoms with Gasteiger partial charge in [0.25, 0.3) is 0 Å². The molecule has 0 aliphatic heterocycles. The molecule has 1 aliphatic carbocycles. The molecule has 0 fully saturated rings. The summed E-state index contributed by atoms with van der Waals surface area (Å²) in [5, 5.41) is 7.73. The number of carbonyl (C=O) groups is 1. The minimum atomic E-state index is 0.209. The van der Waals surface area contributed by atoms with Crippen molar-refractivity contribution in [3.8, 4) is 0 Å². The second-order valence-electron chi connectivity index (χ2n) is 3.24. The van der Waals surface area contributed by atoms with Gasteiger partial charge in [-0.15, -0.1) is 5.10 Å². The molecule has 1 aromatic heterocycles. The Morgan fingerprint density at radius 2 is 1.77 bits per heavy atom. The van der Waals surface area contributed by atoms with Gasteiger partial charge in [0.2, 0.25) is 5.82 Å². The number of fused-ring (bicyclic) bond motifs is 1. The van der Waals surface area contributed by atoms with E-state index in [0.29, 0.717) is 6.29 Å². The van der Waals surface area contributed by atoms with Gasteiger partial charge < -0.3 is 0 Å². The zero-order valence-electron chi connectivity index (χ0n) is 7.36. The fraction of sp³-hybridized carbons (Fsp3) is 0.556. The van der Waals surface area contributed by atoms with Gasteiger partial charge in [-0.3, -0.25) is 4.79 Å². The smallest absolute Gasteiger partial charge is 0.214 e. The van der Waals surface area contributed by atoms with Crippen LogP contribution in [-0.2, 0) is 12.8 Å². The van der Waals surface area contributed by atoms with Crippen LogP contribution >= 0.6 is 0 Å². The molecule has 13 heavy (non-hydrogen) atoms. The monoisotopic (exact) mass is 177 g/mol. The Morgan fingerprint density at radius 3 is 2.54 bits per heavy atom. The molecule has 2 rings (SSSR count). The van der Waals surface area contributed by atoms with Crippen molar-refractivity contribution in [2.45, 2.75) is 32.1 Å². The summed E-state index contributed by atoms with van der Waals surface area (Å²) in [4.78, 5) is 14.6. The van der Waals surface area contributed by atoms with Crippen molar-refractivity contribution in [1.82, 2.24) is 15.2 Å². The van der Waals surface area contributed by atoms with Crippen molar-refractivity contribution in [2.75, 3.05) is 0 Å². The summed E-state index contributed by atoms with van der Waals surface area (Å²) >= 11 is 0. The predicted molar refractivity (Wildman–Crippen MR) is 46.5 cm³/mol. The zero-order chi connectivity index (χ0) is 9.10. The number of carbonyl (C=O) groups excluding carboxylic acids is 1. The number of hydrogen-bond donors (Lipinski definition) is 0. The molecule has 4 heteroatoms. The second-order valence-corrected chi connectivity index (χ2v) is 3.24. The molecule has 0 N–H and O–H groups in total. The Morgan fingerprint density at radius 1 is 1.00 bits per heavy atom. The highest BCUT2D eigenvalue weighted by Crippen LogP contribution is 2.15. The third-order valence-corrected chi connectivity index (χ3v) is 2.29. The normalized spacial score (nSPS) is 16.0. The maximum absolute atomic E-state index is 10.4. The van der Waals surface area contributed by atoms with Gasteiger partial charge in [-0.25, -0.2) is 4.98 Å². The number of aryl methyl sites for hydroxylation is 2. The summed E-state index contributed by atoms with van der Waals surface area (Å²) < 4.78 is 0. The lowest BCUT2D eigenvalue weighted by molar-refractivity contribution is 0.111. The summed E-state index contributed by atoms with van der Waals surface area (Å²) in [6.45, 7) is 0. The van der Waals surface area contributed by atoms with E-state index in [0.717, 1.165) is 37.1 Å². The first-order chi connectivity index (χ1) is 6.40. The van der Waals surface area contributed by atoms with Crippen LogP contribution in [0.5, 0.6) is 0 Å². The lowest BCUT2D eigenvalue weighted by Gasteiger charge is -2.00. The van der Waals surface area contributed by atoms with Crippen molar-refractivity contribution in [1.29, 1.82) is 0 Å². The molecule has 0 spiro atoms. The van der Waals surface area contributed by atoms with Gasteiger partial charge in [-0.2, -0.15) is 5.10 Å². The molecule has 0 saturated heterocycles. The van der Waals surface area contributed by atoms with E-state index < -0.39 is 0 Å². The van der Waals surface area contributed by atoms with E-state index in [1.807, 2.05) is 0 Å². The van der Waals surface area contributed by atoms with Gasteiger partial charge in [0.05, 0.1) is 11.4 Å². The first kappa shape index (κ1) is 8.29. The van der Waals surface area contributed by atoms with Crippen molar-refractivity contribution in [2.24, 2.45) is 0 Å². The van der Waals surface area contributed by atoms with Crippen molar-refractivity contribution >= 4 is 6.29 Å². The molecular formula is C9H11N3O. The lowest BCUT2D eigenvalue weighted by Crippen LogP contribution is -2.05. The molecule has 0 saturated carbocycles. The van der Waals surface area contributed by atoms with Gasteiger partial charge in [0, 0.05) is 0 Å². The average Bonchev–Trinajstić information content (AvgIpc) is 2.41. The van der Waals surface area contributed by atoms with E-state index in [4.69, 9.17) is 0 Å². The van der Waals surface area contributed by atoms with E-state index in [-0.39, 0.29) is 5.82 Å². The predicted octanol–water partition coefficient (Wildman–Crippen LogP) is 0.953. The average molecular weight is 177 g/mol. The molecule has 4 nitrogen and oxygen atoms in total. The fourth-order valence-corrected chi connectivity index (χ4v) is 1.60. The maximum Gasteiger partial charge on any atom is 0.214 e. The number of hydrogen-bond acceptors (Lipinski definition) is 4. The van der Waals surface area contributed by atoms with Crippen LogP contribution in [0, 0.1) is 0 Å². The van der Waals surface area contributed by atoms with Crippen LogP contribution in [0.25, 0.3) is 0 Å². The molecule has 1 heterocycles. The summed E-state index contributed by atoms with van der Waals surface area (Å²) in [6.07, 6.45) is 6.06. The summed E-state index contributed by atoms with van der Waals surface area (Å²) in [7, 11) is 0. The Labute approximate surface area is 76.4 Å². The van der Waals surface area contributed by atoms with Crippen molar-refractivity contribution in [3.05, 3.63) is 17.2 Å². The third kappa shape index (κ3) is 1.71. The number of aldehydes is 1. The Hall–Kier alpha value is -1.32. The van der Waals surface area contributed by atoms with E-state index in [2.05, 4.69) is 15.2 Å². The highest BCUT2D eigenvalue weighted by molar-refractivity contribution is 5.68. The quantitative estimate of drug-likeness (QED) is 0.473. The molecule has 0 bridgehead atoms. The minimum Gasteiger partial charge on any atom is -0.294 e. The highest BCUT2D eigenvalue weighted by Gasteiger charge is 2.11. The Bertz CT molecular complexity index is 325. The minimum absolute atomic E-state index is 0.209. The molecule has 0 amide bonds. The molecule has 1 aliphatic rings. The summed E-state index contributed by atoms with van der Waals surface area (Å²) in [5.74, 6) is 0.209. The van der Waals surface area contributed by atoms with Gasteiger partial charge in [0.1, 0.15) is 0 Å². The fourth-order valence-electron chi connectivity index (χ4n) is 1.60. The molecule has 1 aromatic rings. The van der Waals surface area contributed by atoms with Crippen LogP contribution in [0.1, 0.15) is 41.3 Å². The zero-order valence-corrected chi connectivity index (χ0v) is 7.36. The Kier molecular flexibility index (Phi) is 2.29. The molecule has 0 aromatic carbocycles. The SMILES string of the molecule is O=Cc1nnc2c(n1)CCCCC2. The van der Waals surface area contributed by atoms with E-state index >= 15 is 0 Å². The van der Waals surface area contributed by atoms with Crippen LogP contribution in [0.2, 0.25) is 0 Å². The van der Waals surface area contributed by atoms with Crippen LogP contribution in [0.15, 0.2) is 0 Å². The number of nitrogens with zero attached hydrogens (tertiary/aromatic N) is 3. The summed E-state index contributed by atoms with van der Waals surface area (Å²) in [6, 6.07) is 0. The topological polar surface area (TPSA) is 55.7 Å². The largest absolute Gasteiger partial charge is 0.294 e. The van der Waals surface area contributed by atoms with Gasteiger partial charge >= 0.3 is 0 Å². The third-order valence-electron chi connectivity index (χ3n) is 2.29. The Balaban J connectivity index is 2.37. The van der Waals surface area contributed by atoms with Crippen molar-refractivity contribution < 1.29 is 4.79 Å². The number of aromatic nitrogens is 3. The van der Waals surface area contributed by atoms with Gasteiger partial charge in [0.15, 0.2) is 6.29 Å². The van der Waals surface area contributed by atoms with Gasteiger partial charge in [-0.1, -0.05) is 6.42 Å². The van der Waals surface area contributed by atoms with Crippen LogP contribution in [-0.4, -0.2) is 21.5 Å². The van der Waals surface area contributed by atoms with E-state index in [9.17, 15) is 4.79 Å². The van der Waals surface area contributed by atoms with E-state index in [1.165, 1.54) is 6.42 Å². The highest BCUT2D eigenvalue weighted by atomic mass is 16.1. The second kappa shape index (κ2) is 3.60. The lowest BCUT2D eigenvalue weighted by atomic mass is 10.2. The maximum atomic E-state index is 10.4. The molecule has 0 unspecified atom stereocenters. The van der Waals surface area contributed by atoms with Crippen LogP contribution in [0.3, 0.4) is 0 Å². The summed E-state index contributed by atoms with van der Waals surface area (Å²) in [5.41, 5.74) is 1.94. The molecular weight excluding hydrogens is 166 g/mol. The molecule has 0 radical (unpaired) electrons. The van der Waals surface area contributed by atoms with Gasteiger partial charge in [-0.05, 0) is 25.7 Å². The number of rotatable bonds is 1. The standard InChI is InChI=1S/C9H11N3O/c13-6-9-10-7-4-2-1-3-5-8(7)11-12-9/h6H,1-5H2. The first-order valence-electron chi connectivity index (χ1n) is 4.58. The molecule has 0 atom stereocenters.